The van der Waals surface area contributed by atoms with Crippen LogP contribution in [0.4, 0.5) is 0 Å². The molecule has 0 aliphatic carbocycles. The van der Waals surface area contributed by atoms with Gasteiger partial charge in [0, 0.05) is 0 Å². The number of benzene rings is 1. The lowest BCUT2D eigenvalue weighted by Crippen LogP contribution is -2.41. The molecule has 3 aromatic rings. The third kappa shape index (κ3) is 2.07. The van der Waals surface area contributed by atoms with E-state index in [9.17, 15) is 0 Å². The summed E-state index contributed by atoms with van der Waals surface area (Å²) in [4.78, 5) is 4.32. The van der Waals surface area contributed by atoms with Crippen molar-refractivity contribution in [3.8, 4) is 0 Å². The second-order valence-corrected chi connectivity index (χ2v) is 7.06. The summed E-state index contributed by atoms with van der Waals surface area (Å²) in [5, 5.41) is 8.51. The molecule has 0 saturated carbocycles. The lowest BCUT2D eigenvalue weighted by atomic mass is 9.79. The van der Waals surface area contributed by atoms with Gasteiger partial charge in [0.05, 0.1) is 22.4 Å². The summed E-state index contributed by atoms with van der Waals surface area (Å²) in [5.41, 5.74) is 3.65. The van der Waals surface area contributed by atoms with E-state index in [0.717, 1.165) is 27.8 Å². The molecule has 1 aliphatic rings. The first-order chi connectivity index (χ1) is 10.8. The molecule has 0 amide bonds. The first-order valence-corrected chi connectivity index (χ1v) is 7.74. The smallest absolute Gasteiger partial charge is 0.399 e. The summed E-state index contributed by atoms with van der Waals surface area (Å²) in [5.74, 6) is 0. The number of imidazole rings is 1. The van der Waals surface area contributed by atoms with E-state index >= 15 is 0 Å². The van der Waals surface area contributed by atoms with E-state index in [1.165, 1.54) is 0 Å². The van der Waals surface area contributed by atoms with Crippen LogP contribution in [0, 0.1) is 6.92 Å². The van der Waals surface area contributed by atoms with Crippen LogP contribution < -0.4 is 5.46 Å². The van der Waals surface area contributed by atoms with E-state index in [4.69, 9.17) is 9.31 Å². The summed E-state index contributed by atoms with van der Waals surface area (Å²) in [6.07, 6.45) is 1.77. The van der Waals surface area contributed by atoms with Gasteiger partial charge in [-0.3, -0.25) is 4.40 Å². The van der Waals surface area contributed by atoms with Crippen LogP contribution in [0.15, 0.2) is 24.5 Å². The van der Waals surface area contributed by atoms with Crippen molar-refractivity contribution in [2.45, 2.75) is 45.8 Å². The molecule has 0 spiro atoms. The average molecular weight is 310 g/mol. The zero-order valence-electron chi connectivity index (χ0n) is 14.0. The molecule has 118 valence electrons. The van der Waals surface area contributed by atoms with E-state index < -0.39 is 7.12 Å². The van der Waals surface area contributed by atoms with Gasteiger partial charge >= 0.3 is 7.12 Å². The molecule has 0 bridgehead atoms. The summed E-state index contributed by atoms with van der Waals surface area (Å²) >= 11 is 0. The van der Waals surface area contributed by atoms with Gasteiger partial charge in [0.25, 0.3) is 0 Å². The van der Waals surface area contributed by atoms with Crippen LogP contribution in [0.1, 0.15) is 33.4 Å². The van der Waals surface area contributed by atoms with Gasteiger partial charge < -0.3 is 9.31 Å². The van der Waals surface area contributed by atoms with Gasteiger partial charge in [-0.25, -0.2) is 4.98 Å². The molecular weight excluding hydrogens is 291 g/mol. The van der Waals surface area contributed by atoms with Gasteiger partial charge in [-0.05, 0) is 52.2 Å². The van der Waals surface area contributed by atoms with Gasteiger partial charge in [0.15, 0.2) is 5.65 Å². The standard InChI is InChI=1S/C16H19BN4O2/c1-10-14-20-19-12-7-6-11(8-13(12)21(14)9-18-10)17-22-15(2,3)16(4,5)23-17/h6-9H,1-5H3. The van der Waals surface area contributed by atoms with Crippen molar-refractivity contribution in [3.05, 3.63) is 30.2 Å². The lowest BCUT2D eigenvalue weighted by Gasteiger charge is -2.32. The van der Waals surface area contributed by atoms with E-state index in [1.807, 2.05) is 29.5 Å². The zero-order chi connectivity index (χ0) is 16.4. The minimum atomic E-state index is -0.391. The Morgan fingerprint density at radius 1 is 1.04 bits per heavy atom. The molecule has 23 heavy (non-hydrogen) atoms. The normalized spacial score (nSPS) is 19.8. The maximum Gasteiger partial charge on any atom is 0.494 e. The van der Waals surface area contributed by atoms with Crippen LogP contribution in [0.25, 0.3) is 16.7 Å². The third-order valence-electron chi connectivity index (χ3n) is 4.96. The zero-order valence-corrected chi connectivity index (χ0v) is 14.0. The number of aromatic nitrogens is 4. The Kier molecular flexibility index (Phi) is 2.87. The van der Waals surface area contributed by atoms with Gasteiger partial charge in [-0.1, -0.05) is 6.07 Å². The highest BCUT2D eigenvalue weighted by Crippen LogP contribution is 2.36. The summed E-state index contributed by atoms with van der Waals surface area (Å²) in [6.45, 7) is 10.1. The van der Waals surface area contributed by atoms with Crippen molar-refractivity contribution in [1.82, 2.24) is 19.6 Å². The van der Waals surface area contributed by atoms with Crippen molar-refractivity contribution in [1.29, 1.82) is 0 Å². The Morgan fingerprint density at radius 3 is 2.43 bits per heavy atom. The van der Waals surface area contributed by atoms with E-state index in [0.29, 0.717) is 0 Å². The fourth-order valence-corrected chi connectivity index (χ4v) is 2.77. The highest BCUT2D eigenvalue weighted by atomic mass is 16.7. The highest BCUT2D eigenvalue weighted by molar-refractivity contribution is 6.62. The van der Waals surface area contributed by atoms with Gasteiger partial charge in [0.1, 0.15) is 11.8 Å². The number of aryl methyl sites for hydroxylation is 1. The molecule has 0 unspecified atom stereocenters. The van der Waals surface area contributed by atoms with Gasteiger partial charge in [-0.15, -0.1) is 10.2 Å². The number of nitrogens with zero attached hydrogens (tertiary/aromatic N) is 4. The second kappa shape index (κ2) is 4.52. The van der Waals surface area contributed by atoms with Crippen LogP contribution in [0.3, 0.4) is 0 Å². The molecule has 6 nitrogen and oxygen atoms in total. The quantitative estimate of drug-likeness (QED) is 0.642. The summed E-state index contributed by atoms with van der Waals surface area (Å²) < 4.78 is 14.2. The highest BCUT2D eigenvalue weighted by Gasteiger charge is 2.51. The molecule has 0 radical (unpaired) electrons. The summed E-state index contributed by atoms with van der Waals surface area (Å²) in [7, 11) is -0.391. The van der Waals surface area contributed by atoms with Gasteiger partial charge in [0.2, 0.25) is 0 Å². The monoisotopic (exact) mass is 310 g/mol. The van der Waals surface area contributed by atoms with Crippen LogP contribution in [-0.4, -0.2) is 37.9 Å². The molecule has 0 N–H and O–H groups in total. The predicted octanol–water partition coefficient (Wildman–Crippen LogP) is 1.89. The molecule has 0 atom stereocenters. The van der Waals surface area contributed by atoms with Crippen LogP contribution in [-0.2, 0) is 9.31 Å². The largest absolute Gasteiger partial charge is 0.494 e. The number of hydrogen-bond donors (Lipinski definition) is 0. The van der Waals surface area contributed by atoms with Crippen molar-refractivity contribution in [3.63, 3.8) is 0 Å². The lowest BCUT2D eigenvalue weighted by molar-refractivity contribution is 0.00578. The minimum Gasteiger partial charge on any atom is -0.399 e. The van der Waals surface area contributed by atoms with Crippen LogP contribution in [0.2, 0.25) is 0 Å². The Morgan fingerprint density at radius 2 is 1.74 bits per heavy atom. The fourth-order valence-electron chi connectivity index (χ4n) is 2.77. The fraction of sp³-hybridized carbons (Fsp3) is 0.438. The molecule has 1 fully saturated rings. The maximum atomic E-state index is 6.13. The third-order valence-corrected chi connectivity index (χ3v) is 4.96. The van der Waals surface area contributed by atoms with E-state index in [-0.39, 0.29) is 11.2 Å². The predicted molar refractivity (Wildman–Crippen MR) is 88.7 cm³/mol. The first kappa shape index (κ1) is 14.6. The molecule has 4 rings (SSSR count). The first-order valence-electron chi connectivity index (χ1n) is 7.74. The molecule has 2 aromatic heterocycles. The van der Waals surface area contributed by atoms with Crippen molar-refractivity contribution >= 4 is 29.3 Å². The molecule has 3 heterocycles. The number of hydrogen-bond acceptors (Lipinski definition) is 5. The Hall–Kier alpha value is -1.99. The van der Waals surface area contributed by atoms with E-state index in [1.54, 1.807) is 6.33 Å². The molecule has 1 aliphatic heterocycles. The maximum absolute atomic E-state index is 6.13. The number of fused-ring (bicyclic) bond motifs is 3. The molecule has 7 heteroatoms. The molecule has 1 saturated heterocycles. The second-order valence-electron chi connectivity index (χ2n) is 7.06. The minimum absolute atomic E-state index is 0.357. The van der Waals surface area contributed by atoms with Crippen molar-refractivity contribution in [2.75, 3.05) is 0 Å². The van der Waals surface area contributed by atoms with Crippen LogP contribution >= 0.6 is 0 Å². The summed E-state index contributed by atoms with van der Waals surface area (Å²) in [6, 6.07) is 5.96. The Balaban J connectivity index is 1.85. The van der Waals surface area contributed by atoms with Gasteiger partial charge in [-0.2, -0.15) is 0 Å². The Labute approximate surface area is 135 Å². The van der Waals surface area contributed by atoms with Crippen LogP contribution in [0.5, 0.6) is 0 Å². The Bertz CT molecular complexity index is 903. The van der Waals surface area contributed by atoms with Crippen molar-refractivity contribution in [2.24, 2.45) is 0 Å². The SMILES string of the molecule is Cc1ncn2c1nnc1ccc(B3OC(C)(C)C(C)(C)O3)cc12. The van der Waals surface area contributed by atoms with E-state index in [2.05, 4.69) is 42.9 Å². The molecule has 1 aromatic carbocycles. The molecular formula is C16H19BN4O2. The topological polar surface area (TPSA) is 61.5 Å². The average Bonchev–Trinajstić information content (AvgIpc) is 2.96. The number of rotatable bonds is 1. The van der Waals surface area contributed by atoms with Crippen molar-refractivity contribution < 1.29 is 9.31 Å².